The van der Waals surface area contributed by atoms with Gasteiger partial charge in [0.1, 0.15) is 5.82 Å². The Labute approximate surface area is 121 Å². The van der Waals surface area contributed by atoms with Crippen LogP contribution in [-0.2, 0) is 16.1 Å². The monoisotopic (exact) mass is 299 g/mol. The van der Waals surface area contributed by atoms with Crippen LogP contribution in [0.5, 0.6) is 0 Å². The molecule has 1 aliphatic carbocycles. The molecule has 0 saturated heterocycles. The number of halogens is 2. The predicted octanol–water partition coefficient (Wildman–Crippen LogP) is 2.55. The molecule has 1 amide bonds. The normalized spacial score (nSPS) is 21.1. The van der Waals surface area contributed by atoms with Gasteiger partial charge < -0.3 is 10.0 Å². The van der Waals surface area contributed by atoms with Crippen molar-refractivity contribution < 1.29 is 19.1 Å². The zero-order valence-corrected chi connectivity index (χ0v) is 11.7. The number of carboxylic acid groups (broad SMARTS) is 1. The summed E-state index contributed by atoms with van der Waals surface area (Å²) in [6.45, 7) is 0.0774. The summed E-state index contributed by atoms with van der Waals surface area (Å²) in [4.78, 5) is 24.4. The van der Waals surface area contributed by atoms with Crippen LogP contribution >= 0.6 is 11.6 Å². The zero-order chi connectivity index (χ0) is 14.9. The third kappa shape index (κ3) is 2.93. The summed E-state index contributed by atoms with van der Waals surface area (Å²) >= 11 is 5.80. The Balaban J connectivity index is 2.04. The van der Waals surface area contributed by atoms with Crippen LogP contribution in [0, 0.1) is 17.7 Å². The highest BCUT2D eigenvalue weighted by Gasteiger charge is 2.42. The molecule has 1 aromatic carbocycles. The quantitative estimate of drug-likeness (QED) is 0.929. The summed E-state index contributed by atoms with van der Waals surface area (Å²) in [6.07, 6.45) is 1.09. The van der Waals surface area contributed by atoms with Gasteiger partial charge in [0.25, 0.3) is 0 Å². The smallest absolute Gasteiger partial charge is 0.307 e. The van der Waals surface area contributed by atoms with E-state index in [9.17, 15) is 14.0 Å². The van der Waals surface area contributed by atoms with Crippen LogP contribution in [0.3, 0.4) is 0 Å². The van der Waals surface area contributed by atoms with Gasteiger partial charge in [-0.2, -0.15) is 0 Å². The lowest BCUT2D eigenvalue weighted by molar-refractivity contribution is -0.156. The van der Waals surface area contributed by atoms with E-state index in [4.69, 9.17) is 16.7 Å². The Morgan fingerprint density at radius 1 is 1.40 bits per heavy atom. The van der Waals surface area contributed by atoms with Crippen molar-refractivity contribution in [2.24, 2.45) is 11.8 Å². The van der Waals surface area contributed by atoms with Gasteiger partial charge in [-0.05, 0) is 31.0 Å². The molecular formula is C14H15ClFNO3. The summed E-state index contributed by atoms with van der Waals surface area (Å²) in [5.41, 5.74) is 0.319. The van der Waals surface area contributed by atoms with Crippen LogP contribution in [-0.4, -0.2) is 28.9 Å². The summed E-state index contributed by atoms with van der Waals surface area (Å²) in [5, 5.41) is 9.35. The van der Waals surface area contributed by atoms with E-state index in [-0.39, 0.29) is 12.5 Å². The average molecular weight is 300 g/mol. The number of carbonyl (C=O) groups is 2. The van der Waals surface area contributed by atoms with Crippen LogP contribution < -0.4 is 0 Å². The van der Waals surface area contributed by atoms with Crippen LogP contribution in [0.2, 0.25) is 5.02 Å². The molecule has 0 aromatic heterocycles. The Bertz CT molecular complexity index is 549. The van der Waals surface area contributed by atoms with Crippen LogP contribution in [0.25, 0.3) is 0 Å². The minimum absolute atomic E-state index is 0.0774. The third-order valence-electron chi connectivity index (χ3n) is 3.70. The minimum Gasteiger partial charge on any atom is -0.481 e. The number of nitrogens with zero attached hydrogens (tertiary/aromatic N) is 1. The lowest BCUT2D eigenvalue weighted by Gasteiger charge is -2.35. The van der Waals surface area contributed by atoms with E-state index in [0.717, 1.165) is 0 Å². The molecular weight excluding hydrogens is 285 g/mol. The van der Waals surface area contributed by atoms with E-state index in [1.807, 2.05) is 0 Å². The van der Waals surface area contributed by atoms with Gasteiger partial charge in [-0.1, -0.05) is 11.6 Å². The molecule has 0 heterocycles. The first kappa shape index (κ1) is 14.8. The molecule has 2 rings (SSSR count). The van der Waals surface area contributed by atoms with Gasteiger partial charge in [0.15, 0.2) is 0 Å². The maximum absolute atomic E-state index is 13.6. The maximum atomic E-state index is 13.6. The van der Waals surface area contributed by atoms with E-state index in [1.165, 1.54) is 23.1 Å². The molecule has 20 heavy (non-hydrogen) atoms. The highest BCUT2D eigenvalue weighted by atomic mass is 35.5. The summed E-state index contributed by atoms with van der Waals surface area (Å²) in [6, 6.07) is 4.16. The average Bonchev–Trinajstić information content (AvgIpc) is 2.31. The minimum atomic E-state index is -0.947. The van der Waals surface area contributed by atoms with Crippen molar-refractivity contribution in [1.29, 1.82) is 0 Å². The Kier molecular flexibility index (Phi) is 4.28. The summed E-state index contributed by atoms with van der Waals surface area (Å²) in [5.74, 6) is -2.76. The number of hydrogen-bond acceptors (Lipinski definition) is 2. The van der Waals surface area contributed by atoms with Gasteiger partial charge in [0.05, 0.1) is 11.8 Å². The van der Waals surface area contributed by atoms with Gasteiger partial charge in [0.2, 0.25) is 5.91 Å². The van der Waals surface area contributed by atoms with E-state index in [2.05, 4.69) is 0 Å². The van der Waals surface area contributed by atoms with Crippen molar-refractivity contribution in [2.75, 3.05) is 7.05 Å². The molecule has 0 spiro atoms. The summed E-state index contributed by atoms with van der Waals surface area (Å²) < 4.78 is 13.6. The fraction of sp³-hybridized carbons (Fsp3) is 0.429. The van der Waals surface area contributed by atoms with E-state index >= 15 is 0 Å². The SMILES string of the molecule is CN(Cc1cc(Cl)ccc1F)C(=O)C1CCC1C(=O)O. The number of amides is 1. The Morgan fingerprint density at radius 2 is 2.05 bits per heavy atom. The molecule has 2 unspecified atom stereocenters. The summed E-state index contributed by atoms with van der Waals surface area (Å²) in [7, 11) is 1.54. The molecule has 2 atom stereocenters. The zero-order valence-electron chi connectivity index (χ0n) is 11.0. The van der Waals surface area contributed by atoms with Crippen LogP contribution in [0.4, 0.5) is 4.39 Å². The second kappa shape index (κ2) is 5.79. The number of hydrogen-bond donors (Lipinski definition) is 1. The number of benzene rings is 1. The van der Waals surface area contributed by atoms with Crippen LogP contribution in [0.15, 0.2) is 18.2 Å². The molecule has 1 N–H and O–H groups in total. The first-order valence-electron chi connectivity index (χ1n) is 6.32. The van der Waals surface area contributed by atoms with E-state index in [0.29, 0.717) is 23.4 Å². The van der Waals surface area contributed by atoms with Crippen LogP contribution in [0.1, 0.15) is 18.4 Å². The number of carboxylic acids is 1. The first-order chi connectivity index (χ1) is 9.40. The van der Waals surface area contributed by atoms with Gasteiger partial charge in [-0.3, -0.25) is 9.59 Å². The number of aliphatic carboxylic acids is 1. The molecule has 1 aromatic rings. The maximum Gasteiger partial charge on any atom is 0.307 e. The standard InChI is InChI=1S/C14H15ClFNO3/c1-17(7-8-6-9(15)2-5-12(8)16)13(18)10-3-4-11(10)14(19)20/h2,5-6,10-11H,3-4,7H2,1H3,(H,19,20). The lowest BCUT2D eigenvalue weighted by atomic mass is 9.73. The van der Waals surface area contributed by atoms with E-state index < -0.39 is 23.6 Å². The number of rotatable bonds is 4. The molecule has 1 aliphatic rings. The highest BCUT2D eigenvalue weighted by Crippen LogP contribution is 2.36. The van der Waals surface area contributed by atoms with Crippen molar-refractivity contribution in [3.63, 3.8) is 0 Å². The topological polar surface area (TPSA) is 57.6 Å². The van der Waals surface area contributed by atoms with Gasteiger partial charge in [-0.25, -0.2) is 4.39 Å². The Morgan fingerprint density at radius 3 is 2.60 bits per heavy atom. The van der Waals surface area contributed by atoms with Crippen molar-refractivity contribution in [3.05, 3.63) is 34.6 Å². The second-order valence-electron chi connectivity index (χ2n) is 5.06. The fourth-order valence-electron chi connectivity index (χ4n) is 2.37. The van der Waals surface area contributed by atoms with Gasteiger partial charge >= 0.3 is 5.97 Å². The Hall–Kier alpha value is -1.62. The van der Waals surface area contributed by atoms with Gasteiger partial charge in [0, 0.05) is 24.2 Å². The second-order valence-corrected chi connectivity index (χ2v) is 5.50. The molecule has 0 radical (unpaired) electrons. The third-order valence-corrected chi connectivity index (χ3v) is 3.94. The highest BCUT2D eigenvalue weighted by molar-refractivity contribution is 6.30. The molecule has 0 bridgehead atoms. The predicted molar refractivity (Wildman–Crippen MR) is 71.7 cm³/mol. The van der Waals surface area contributed by atoms with Crippen molar-refractivity contribution in [1.82, 2.24) is 4.90 Å². The fourth-order valence-corrected chi connectivity index (χ4v) is 2.57. The molecule has 1 saturated carbocycles. The molecule has 6 heteroatoms. The van der Waals surface area contributed by atoms with Gasteiger partial charge in [-0.15, -0.1) is 0 Å². The lowest BCUT2D eigenvalue weighted by Crippen LogP contribution is -2.44. The molecule has 4 nitrogen and oxygen atoms in total. The molecule has 0 aliphatic heterocycles. The van der Waals surface area contributed by atoms with Crippen molar-refractivity contribution in [2.45, 2.75) is 19.4 Å². The molecule has 1 fully saturated rings. The first-order valence-corrected chi connectivity index (χ1v) is 6.69. The van der Waals surface area contributed by atoms with Crippen molar-refractivity contribution >= 4 is 23.5 Å². The van der Waals surface area contributed by atoms with E-state index in [1.54, 1.807) is 7.05 Å². The van der Waals surface area contributed by atoms with Crippen molar-refractivity contribution in [3.8, 4) is 0 Å². The largest absolute Gasteiger partial charge is 0.481 e. The molecule has 108 valence electrons. The number of carbonyl (C=O) groups excluding carboxylic acids is 1.